The molecule has 1 aromatic carbocycles. The molecule has 7 heteroatoms. The largest absolute Gasteiger partial charge is 0.355 e. The van der Waals surface area contributed by atoms with E-state index in [0.717, 1.165) is 72.7 Å². The van der Waals surface area contributed by atoms with E-state index in [1.807, 2.05) is 29.4 Å². The van der Waals surface area contributed by atoms with Gasteiger partial charge < -0.3 is 14.6 Å². The number of rotatable bonds is 5. The van der Waals surface area contributed by atoms with Gasteiger partial charge in [0.25, 0.3) is 5.91 Å². The Morgan fingerprint density at radius 2 is 2.03 bits per heavy atom. The smallest absolute Gasteiger partial charge is 0.254 e. The van der Waals surface area contributed by atoms with Gasteiger partial charge in [-0.1, -0.05) is 36.0 Å². The van der Waals surface area contributed by atoms with Crippen LogP contribution in [0.15, 0.2) is 54.9 Å². The predicted molar refractivity (Wildman–Crippen MR) is 138 cm³/mol. The maximum absolute atomic E-state index is 12.7. The molecule has 1 N–H and O–H groups in total. The van der Waals surface area contributed by atoms with Gasteiger partial charge in [0.2, 0.25) is 0 Å². The first-order valence-electron chi connectivity index (χ1n) is 12.2. The van der Waals surface area contributed by atoms with E-state index < -0.39 is 0 Å². The fraction of sp³-hybridized carbons (Fsp3) is 0.370. The lowest BCUT2D eigenvalue weighted by atomic mass is 9.91. The lowest BCUT2D eigenvalue weighted by molar-refractivity contribution is 0.0793. The Morgan fingerprint density at radius 1 is 1.15 bits per heavy atom. The lowest BCUT2D eigenvalue weighted by Gasteiger charge is -2.25. The maximum Gasteiger partial charge on any atom is 0.254 e. The van der Waals surface area contributed by atoms with Gasteiger partial charge in [-0.2, -0.15) is 0 Å². The Kier molecular flexibility index (Phi) is 5.57. The molecule has 1 aliphatic heterocycles. The number of imidazole rings is 1. The monoisotopic (exact) mass is 471 g/mol. The summed E-state index contributed by atoms with van der Waals surface area (Å²) < 4.78 is 3.27. The van der Waals surface area contributed by atoms with Crippen molar-refractivity contribution >= 4 is 38.2 Å². The van der Waals surface area contributed by atoms with Crippen molar-refractivity contribution in [2.24, 2.45) is 0 Å². The number of carbonyl (C=O) groups excluding carboxylic acids is 1. The number of aromatic nitrogens is 3. The molecule has 174 valence electrons. The molecule has 0 bridgehead atoms. The Hall–Kier alpha value is -3.19. The molecule has 1 saturated heterocycles. The fourth-order valence-corrected chi connectivity index (χ4v) is 6.13. The number of fused-ring (bicyclic) bond motifs is 2. The van der Waals surface area contributed by atoms with Crippen molar-refractivity contribution in [1.82, 2.24) is 19.3 Å². The number of hydrogen-bond acceptors (Lipinski definition) is 5. The first-order valence-corrected chi connectivity index (χ1v) is 13.0. The zero-order chi connectivity index (χ0) is 23.1. The van der Waals surface area contributed by atoms with E-state index in [2.05, 4.69) is 39.5 Å². The molecule has 2 fully saturated rings. The van der Waals surface area contributed by atoms with Crippen LogP contribution < -0.4 is 5.32 Å². The van der Waals surface area contributed by atoms with Gasteiger partial charge in [0, 0.05) is 49.2 Å². The molecule has 4 aromatic rings. The van der Waals surface area contributed by atoms with Crippen molar-refractivity contribution in [2.75, 3.05) is 18.4 Å². The normalized spacial score (nSPS) is 18.8. The van der Waals surface area contributed by atoms with Crippen LogP contribution in [0.1, 0.15) is 60.1 Å². The van der Waals surface area contributed by atoms with Crippen LogP contribution in [-0.2, 0) is 6.42 Å². The van der Waals surface area contributed by atoms with Crippen molar-refractivity contribution in [3.8, 4) is 0 Å². The number of thiazole rings is 1. The third-order valence-electron chi connectivity index (χ3n) is 7.10. The number of carbonyl (C=O) groups is 1. The zero-order valence-electron chi connectivity index (χ0n) is 19.3. The minimum Gasteiger partial charge on any atom is -0.355 e. The highest BCUT2D eigenvalue weighted by atomic mass is 32.1. The van der Waals surface area contributed by atoms with Gasteiger partial charge in [0.15, 0.2) is 5.13 Å². The topological polar surface area (TPSA) is 62.5 Å². The minimum atomic E-state index is 0.112. The highest BCUT2D eigenvalue weighted by Crippen LogP contribution is 2.31. The van der Waals surface area contributed by atoms with Gasteiger partial charge >= 0.3 is 0 Å². The summed E-state index contributed by atoms with van der Waals surface area (Å²) in [7, 11) is 0. The number of amides is 1. The first-order chi connectivity index (χ1) is 16.6. The molecular formula is C27H29N5OS. The molecule has 4 heterocycles. The molecule has 2 aliphatic rings. The summed E-state index contributed by atoms with van der Waals surface area (Å²) in [6.45, 7) is 5.96. The van der Waals surface area contributed by atoms with E-state index in [1.54, 1.807) is 11.3 Å². The van der Waals surface area contributed by atoms with Crippen LogP contribution in [0.5, 0.6) is 0 Å². The minimum absolute atomic E-state index is 0.112. The number of nitrogens with zero attached hydrogens (tertiary/aromatic N) is 4. The number of likely N-dealkylation sites (tertiary alicyclic amines) is 1. The van der Waals surface area contributed by atoms with Crippen LogP contribution >= 0.6 is 11.3 Å². The maximum atomic E-state index is 12.7. The Bertz CT molecular complexity index is 1380. The van der Waals surface area contributed by atoms with Crippen molar-refractivity contribution in [3.63, 3.8) is 0 Å². The molecule has 34 heavy (non-hydrogen) atoms. The molecule has 1 amide bonds. The molecule has 6 nitrogen and oxygen atoms in total. The second-order valence-corrected chi connectivity index (χ2v) is 10.5. The van der Waals surface area contributed by atoms with E-state index in [0.29, 0.717) is 6.04 Å². The van der Waals surface area contributed by atoms with Crippen LogP contribution in [0.3, 0.4) is 0 Å². The summed E-state index contributed by atoms with van der Waals surface area (Å²) in [5, 5.41) is 4.58. The van der Waals surface area contributed by atoms with Crippen molar-refractivity contribution in [1.29, 1.82) is 0 Å². The fourth-order valence-electron chi connectivity index (χ4n) is 5.15. The van der Waals surface area contributed by atoms with Gasteiger partial charge in [-0.25, -0.2) is 9.97 Å². The quantitative estimate of drug-likeness (QED) is 0.380. The van der Waals surface area contributed by atoms with Crippen LogP contribution in [0, 0.1) is 0 Å². The zero-order valence-corrected chi connectivity index (χ0v) is 20.1. The first kappa shape index (κ1) is 21.4. The SMILES string of the molecule is C=C1CCCCC1Nc1nc2ccc(Cc3cnc4cc(C(=O)N5CCCC5)ccn34)cc2s1. The van der Waals surface area contributed by atoms with E-state index in [-0.39, 0.29) is 5.91 Å². The van der Waals surface area contributed by atoms with Crippen molar-refractivity contribution < 1.29 is 4.79 Å². The second kappa shape index (κ2) is 8.87. The molecule has 0 spiro atoms. The van der Waals surface area contributed by atoms with E-state index in [9.17, 15) is 4.79 Å². The predicted octanol–water partition coefficient (Wildman–Crippen LogP) is 5.68. The van der Waals surface area contributed by atoms with E-state index >= 15 is 0 Å². The van der Waals surface area contributed by atoms with Crippen molar-refractivity contribution in [3.05, 3.63) is 71.7 Å². The van der Waals surface area contributed by atoms with E-state index in [1.165, 1.54) is 28.7 Å². The number of benzene rings is 1. The van der Waals surface area contributed by atoms with Gasteiger partial charge in [-0.3, -0.25) is 4.79 Å². The van der Waals surface area contributed by atoms with Crippen molar-refractivity contribution in [2.45, 2.75) is 51.0 Å². The number of pyridine rings is 1. The highest BCUT2D eigenvalue weighted by molar-refractivity contribution is 7.22. The summed E-state index contributed by atoms with van der Waals surface area (Å²) in [4.78, 5) is 24.1. The summed E-state index contributed by atoms with van der Waals surface area (Å²) in [5.41, 5.74) is 6.20. The number of hydrogen-bond donors (Lipinski definition) is 1. The summed E-state index contributed by atoms with van der Waals surface area (Å²) in [6.07, 6.45) is 11.6. The molecule has 1 aliphatic carbocycles. The van der Waals surface area contributed by atoms with Gasteiger partial charge in [0.1, 0.15) is 5.65 Å². The Morgan fingerprint density at radius 3 is 2.88 bits per heavy atom. The Labute approximate surface area is 203 Å². The summed E-state index contributed by atoms with van der Waals surface area (Å²) in [6, 6.07) is 10.7. The third kappa shape index (κ3) is 4.09. The molecule has 1 saturated carbocycles. The molecule has 1 unspecified atom stereocenters. The molecule has 0 radical (unpaired) electrons. The highest BCUT2D eigenvalue weighted by Gasteiger charge is 2.21. The second-order valence-electron chi connectivity index (χ2n) is 9.49. The average molecular weight is 472 g/mol. The van der Waals surface area contributed by atoms with Gasteiger partial charge in [-0.05, 0) is 61.9 Å². The Balaban J connectivity index is 1.20. The van der Waals surface area contributed by atoms with Crippen LogP contribution in [-0.4, -0.2) is 44.3 Å². The molecule has 1 atom stereocenters. The summed E-state index contributed by atoms with van der Waals surface area (Å²) >= 11 is 1.71. The average Bonchev–Trinajstić information content (AvgIpc) is 3.60. The van der Waals surface area contributed by atoms with Gasteiger partial charge in [0.05, 0.1) is 10.2 Å². The molecule has 3 aromatic heterocycles. The van der Waals surface area contributed by atoms with Crippen LogP contribution in [0.2, 0.25) is 0 Å². The lowest BCUT2D eigenvalue weighted by Crippen LogP contribution is -2.27. The molecular weight excluding hydrogens is 442 g/mol. The summed E-state index contributed by atoms with van der Waals surface area (Å²) in [5.74, 6) is 0.112. The van der Waals surface area contributed by atoms with Crippen LogP contribution in [0.4, 0.5) is 5.13 Å². The van der Waals surface area contributed by atoms with Crippen LogP contribution in [0.25, 0.3) is 15.9 Å². The third-order valence-corrected chi connectivity index (χ3v) is 8.05. The molecule has 6 rings (SSSR count). The standard InChI is InChI=1S/C27H29N5OS/c1-18-6-2-3-7-22(18)29-27-30-23-9-8-19(15-24(23)34-27)14-21-17-28-25-16-20(10-13-32(21)25)26(33)31-11-4-5-12-31/h8-10,13,15-17,22H,1-7,11-12,14H2,(H,29,30). The number of nitrogens with one attached hydrogen (secondary N) is 1. The van der Waals surface area contributed by atoms with E-state index in [4.69, 9.17) is 4.98 Å². The van der Waals surface area contributed by atoms with Gasteiger partial charge in [-0.15, -0.1) is 0 Å². The number of anilines is 1.